The van der Waals surface area contributed by atoms with Crippen molar-refractivity contribution in [1.29, 1.82) is 0 Å². The van der Waals surface area contributed by atoms with Gasteiger partial charge in [0.1, 0.15) is 5.49 Å². The Labute approximate surface area is 75.8 Å². The highest BCUT2D eigenvalue weighted by atomic mass is 32.1. The van der Waals surface area contributed by atoms with Crippen LogP contribution in [-0.2, 0) is 0 Å². The molecule has 65 valence electrons. The molecular formula is C9H18NS. The van der Waals surface area contributed by atoms with E-state index in [0.29, 0.717) is 0 Å². The van der Waals surface area contributed by atoms with E-state index >= 15 is 0 Å². The second kappa shape index (κ2) is 7.99. The highest BCUT2D eigenvalue weighted by Gasteiger charge is 1.96. The third-order valence-corrected chi connectivity index (χ3v) is 1.91. The van der Waals surface area contributed by atoms with Gasteiger partial charge in [0.25, 0.3) is 0 Å². The molecule has 1 radical (unpaired) electrons. The van der Waals surface area contributed by atoms with Crippen molar-refractivity contribution in [3.63, 3.8) is 0 Å². The first-order chi connectivity index (χ1) is 5.35. The Hall–Kier alpha value is -0.110. The average Bonchev–Trinajstić information content (AvgIpc) is 2.03. The minimum atomic E-state index is 1.06. The maximum Gasteiger partial charge on any atom is 0.136 e. The normalized spacial score (nSPS) is 9.64. The number of nitrogens with zero attached hydrogens (tertiary/aromatic N) is 1. The highest BCUT2D eigenvalue weighted by Crippen LogP contribution is 1.97. The van der Waals surface area contributed by atoms with Gasteiger partial charge in [0.15, 0.2) is 0 Å². The third kappa shape index (κ3) is 6.29. The van der Waals surface area contributed by atoms with Gasteiger partial charge in [0.2, 0.25) is 0 Å². The summed E-state index contributed by atoms with van der Waals surface area (Å²) in [6.07, 6.45) is 4.99. The molecule has 0 saturated heterocycles. The minimum absolute atomic E-state index is 1.06. The van der Waals surface area contributed by atoms with Crippen molar-refractivity contribution >= 4 is 17.7 Å². The molecule has 0 aromatic rings. The fourth-order valence-electron chi connectivity index (χ4n) is 1.03. The van der Waals surface area contributed by atoms with Crippen LogP contribution in [0.4, 0.5) is 0 Å². The predicted molar refractivity (Wildman–Crippen MR) is 54.0 cm³/mol. The molecule has 0 saturated carbocycles. The Kier molecular flexibility index (Phi) is 7.91. The Morgan fingerprint density at radius 3 is 2.27 bits per heavy atom. The molecule has 0 unspecified atom stereocenters. The Bertz CT molecular complexity index is 93.6. The molecule has 11 heavy (non-hydrogen) atoms. The lowest BCUT2D eigenvalue weighted by molar-refractivity contribution is 0.418. The summed E-state index contributed by atoms with van der Waals surface area (Å²) in [7, 11) is 0. The molecule has 0 atom stereocenters. The van der Waals surface area contributed by atoms with Crippen LogP contribution in [0.1, 0.15) is 39.5 Å². The topological polar surface area (TPSA) is 3.24 Å². The van der Waals surface area contributed by atoms with Gasteiger partial charge in [-0.1, -0.05) is 38.9 Å². The van der Waals surface area contributed by atoms with E-state index in [9.17, 15) is 0 Å². The van der Waals surface area contributed by atoms with Gasteiger partial charge in [-0.2, -0.15) is 0 Å². The van der Waals surface area contributed by atoms with Crippen molar-refractivity contribution in [3.8, 4) is 0 Å². The van der Waals surface area contributed by atoms with Crippen molar-refractivity contribution in [1.82, 2.24) is 4.90 Å². The van der Waals surface area contributed by atoms with Crippen molar-refractivity contribution in [2.24, 2.45) is 0 Å². The molecule has 0 aliphatic carbocycles. The van der Waals surface area contributed by atoms with Crippen LogP contribution in [0.15, 0.2) is 0 Å². The van der Waals surface area contributed by atoms with Crippen LogP contribution in [0.25, 0.3) is 0 Å². The van der Waals surface area contributed by atoms with Crippen molar-refractivity contribution in [3.05, 3.63) is 0 Å². The van der Waals surface area contributed by atoms with E-state index in [4.69, 9.17) is 12.2 Å². The van der Waals surface area contributed by atoms with Crippen LogP contribution in [0, 0.1) is 0 Å². The molecule has 2 heteroatoms. The van der Waals surface area contributed by atoms with Crippen LogP contribution in [-0.4, -0.2) is 23.5 Å². The van der Waals surface area contributed by atoms with Crippen LogP contribution < -0.4 is 0 Å². The molecule has 0 heterocycles. The molecule has 0 fully saturated rings. The van der Waals surface area contributed by atoms with Crippen LogP contribution in [0.5, 0.6) is 0 Å². The van der Waals surface area contributed by atoms with E-state index in [-0.39, 0.29) is 0 Å². The molecule has 0 aromatic heterocycles. The zero-order chi connectivity index (χ0) is 8.53. The van der Waals surface area contributed by atoms with Gasteiger partial charge in [0, 0.05) is 13.1 Å². The van der Waals surface area contributed by atoms with Gasteiger partial charge in [-0.25, -0.2) is 0 Å². The fraction of sp³-hybridized carbons (Fsp3) is 0.889. The highest BCUT2D eigenvalue weighted by molar-refractivity contribution is 7.78. The van der Waals surface area contributed by atoms with Gasteiger partial charge in [-0.05, 0) is 12.8 Å². The van der Waals surface area contributed by atoms with Crippen LogP contribution in [0.3, 0.4) is 0 Å². The molecule has 0 aliphatic rings. The predicted octanol–water partition coefficient (Wildman–Crippen LogP) is 2.72. The van der Waals surface area contributed by atoms with E-state index < -0.39 is 0 Å². The van der Waals surface area contributed by atoms with Crippen LogP contribution in [0.2, 0.25) is 0 Å². The van der Waals surface area contributed by atoms with Gasteiger partial charge < -0.3 is 4.90 Å². The summed E-state index contributed by atoms with van der Waals surface area (Å²) in [6.45, 7) is 6.53. The monoisotopic (exact) mass is 172 g/mol. The molecule has 0 bridgehead atoms. The number of unbranched alkanes of at least 4 members (excludes halogenated alkanes) is 2. The zero-order valence-electron chi connectivity index (χ0n) is 7.60. The standard InChI is InChI=1S/C9H18NS/c1-3-5-6-8-10(9-11)7-4-2/h3-8H2,1-2H3. The summed E-state index contributed by atoms with van der Waals surface area (Å²) < 4.78 is 0. The summed E-state index contributed by atoms with van der Waals surface area (Å²) >= 11 is 4.76. The van der Waals surface area contributed by atoms with E-state index in [1.165, 1.54) is 19.3 Å². The number of thiocarbonyl (C=S) groups is 1. The van der Waals surface area contributed by atoms with Crippen molar-refractivity contribution < 1.29 is 0 Å². The molecule has 1 nitrogen and oxygen atoms in total. The molecule has 0 amide bonds. The summed E-state index contributed by atoms with van der Waals surface area (Å²) in [5, 5.41) is 0. The van der Waals surface area contributed by atoms with Gasteiger partial charge in [0.05, 0.1) is 0 Å². The van der Waals surface area contributed by atoms with E-state index in [0.717, 1.165) is 19.5 Å². The quantitative estimate of drug-likeness (QED) is 0.330. The molecule has 0 aliphatic heterocycles. The maximum absolute atomic E-state index is 4.76. The second-order valence-electron chi connectivity index (χ2n) is 2.79. The van der Waals surface area contributed by atoms with E-state index in [1.54, 1.807) is 0 Å². The Morgan fingerprint density at radius 2 is 1.82 bits per heavy atom. The van der Waals surface area contributed by atoms with Crippen molar-refractivity contribution in [2.75, 3.05) is 13.1 Å². The first-order valence-corrected chi connectivity index (χ1v) is 4.88. The largest absolute Gasteiger partial charge is 0.360 e. The summed E-state index contributed by atoms with van der Waals surface area (Å²) in [5.41, 5.74) is 2.78. The number of hydrogen-bond donors (Lipinski definition) is 0. The number of rotatable bonds is 7. The van der Waals surface area contributed by atoms with E-state index in [2.05, 4.69) is 24.2 Å². The first kappa shape index (κ1) is 10.9. The first-order valence-electron chi connectivity index (χ1n) is 4.47. The average molecular weight is 172 g/mol. The van der Waals surface area contributed by atoms with Gasteiger partial charge in [-0.15, -0.1) is 0 Å². The SMILES string of the molecule is CCCCCN([C]=S)CCC. The summed E-state index contributed by atoms with van der Waals surface area (Å²) in [5.74, 6) is 0. The Balaban J connectivity index is 3.28. The molecule has 0 aromatic carbocycles. The van der Waals surface area contributed by atoms with Crippen LogP contribution >= 0.6 is 12.2 Å². The lowest BCUT2D eigenvalue weighted by Crippen LogP contribution is -2.22. The minimum Gasteiger partial charge on any atom is -0.360 e. The zero-order valence-corrected chi connectivity index (χ0v) is 8.41. The lowest BCUT2D eigenvalue weighted by atomic mass is 10.2. The lowest BCUT2D eigenvalue weighted by Gasteiger charge is -2.16. The fourth-order valence-corrected chi connectivity index (χ4v) is 1.21. The molecular weight excluding hydrogens is 154 g/mol. The van der Waals surface area contributed by atoms with Gasteiger partial charge >= 0.3 is 0 Å². The summed E-state index contributed by atoms with van der Waals surface area (Å²) in [4.78, 5) is 2.10. The molecule has 0 spiro atoms. The molecule has 0 rings (SSSR count). The second-order valence-corrected chi connectivity index (χ2v) is 2.97. The molecule has 0 N–H and O–H groups in total. The van der Waals surface area contributed by atoms with Gasteiger partial charge in [-0.3, -0.25) is 0 Å². The summed E-state index contributed by atoms with van der Waals surface area (Å²) in [6, 6.07) is 0. The Morgan fingerprint density at radius 1 is 1.09 bits per heavy atom. The van der Waals surface area contributed by atoms with E-state index in [1.807, 2.05) is 0 Å². The maximum atomic E-state index is 4.76. The third-order valence-electron chi connectivity index (χ3n) is 1.65. The van der Waals surface area contributed by atoms with Crippen molar-refractivity contribution in [2.45, 2.75) is 39.5 Å². The number of hydrogen-bond acceptors (Lipinski definition) is 1. The smallest absolute Gasteiger partial charge is 0.136 e.